The Morgan fingerprint density at radius 2 is 1.74 bits per heavy atom. The smallest absolute Gasteiger partial charge is 0.416 e. The first kappa shape index (κ1) is 35.3. The third-order valence-electron chi connectivity index (χ3n) is 9.58. The van der Waals surface area contributed by atoms with Crippen LogP contribution in [0.15, 0.2) is 74.7 Å². The lowest BCUT2D eigenvalue weighted by atomic mass is 9.85. The van der Waals surface area contributed by atoms with E-state index in [2.05, 4.69) is 10.2 Å². The van der Waals surface area contributed by atoms with Crippen molar-refractivity contribution >= 4 is 5.97 Å². The van der Waals surface area contributed by atoms with Gasteiger partial charge in [-0.1, -0.05) is 36.4 Å². The lowest BCUT2D eigenvalue weighted by Crippen LogP contribution is -2.50. The first-order valence-corrected chi connectivity index (χ1v) is 16.5. The quantitative estimate of drug-likeness (QED) is 0.151. The molecular weight excluding hydrogens is 660 g/mol. The van der Waals surface area contributed by atoms with Gasteiger partial charge in [-0.15, -0.1) is 0 Å². The van der Waals surface area contributed by atoms with Crippen molar-refractivity contribution in [1.82, 2.24) is 19.4 Å². The molecule has 4 heterocycles. The lowest BCUT2D eigenvalue weighted by molar-refractivity contribution is -0.138. The summed E-state index contributed by atoms with van der Waals surface area (Å²) < 4.78 is 71.6. The van der Waals surface area contributed by atoms with Crippen molar-refractivity contribution in [2.24, 2.45) is 0 Å². The molecule has 1 saturated heterocycles. The monoisotopic (exact) mass is 698 g/mol. The standard InChI is InChI=1S/C36H38F4N4O6/c1-23-12-13-25(50-23)19-42-17-14-35(15-18-42)32-30(22-49-35)43(20-26-27(36(38,39)40)9-5-10-28(26)37)34(48)44(33(32)47)21-29(24-7-3-2-4-8-24)41-16-6-11-31(45)46/h2-5,7-10,12-13,29,41H,6,11,14-22H2,1H3,(H,45,46)/t29-/m0/s1. The summed E-state index contributed by atoms with van der Waals surface area (Å²) in [6.07, 6.45) is -3.97. The number of carboxylic acids is 1. The second kappa shape index (κ2) is 14.4. The number of carboxylic acid groups (broad SMARTS) is 1. The van der Waals surface area contributed by atoms with Crippen molar-refractivity contribution < 1.29 is 36.6 Å². The summed E-state index contributed by atoms with van der Waals surface area (Å²) in [6.45, 7) is 2.49. The first-order chi connectivity index (χ1) is 23.9. The van der Waals surface area contributed by atoms with Gasteiger partial charge in [-0.2, -0.15) is 13.2 Å². The Kier molecular flexibility index (Phi) is 10.1. The molecule has 4 aromatic rings. The average Bonchev–Trinajstić information content (AvgIpc) is 3.66. The average molecular weight is 699 g/mol. The van der Waals surface area contributed by atoms with Crippen LogP contribution in [-0.4, -0.2) is 44.7 Å². The zero-order valence-electron chi connectivity index (χ0n) is 27.5. The molecule has 0 unspecified atom stereocenters. The van der Waals surface area contributed by atoms with E-state index in [0.717, 1.165) is 38.9 Å². The maximum atomic E-state index is 15.2. The molecule has 0 bridgehead atoms. The zero-order chi connectivity index (χ0) is 35.6. The van der Waals surface area contributed by atoms with Gasteiger partial charge in [0.1, 0.15) is 22.9 Å². The normalized spacial score (nSPS) is 16.5. The topological polar surface area (TPSA) is 119 Å². The zero-order valence-corrected chi connectivity index (χ0v) is 27.5. The van der Waals surface area contributed by atoms with Crippen molar-refractivity contribution in [3.63, 3.8) is 0 Å². The molecule has 50 heavy (non-hydrogen) atoms. The minimum absolute atomic E-state index is 0.0965. The van der Waals surface area contributed by atoms with E-state index in [0.29, 0.717) is 38.0 Å². The molecule has 0 amide bonds. The minimum Gasteiger partial charge on any atom is -0.481 e. The van der Waals surface area contributed by atoms with Crippen molar-refractivity contribution in [3.8, 4) is 0 Å². The third kappa shape index (κ3) is 7.32. The number of likely N-dealkylation sites (tertiary alicyclic amines) is 1. The molecule has 1 spiro atoms. The van der Waals surface area contributed by atoms with Crippen LogP contribution in [0.25, 0.3) is 0 Å². The van der Waals surface area contributed by atoms with Crippen molar-refractivity contribution in [3.05, 3.63) is 127 Å². The Morgan fingerprint density at radius 1 is 1.00 bits per heavy atom. The molecule has 14 heteroatoms. The van der Waals surface area contributed by atoms with Crippen LogP contribution in [0.5, 0.6) is 0 Å². The van der Waals surface area contributed by atoms with Crippen LogP contribution in [0.4, 0.5) is 17.6 Å². The van der Waals surface area contributed by atoms with Gasteiger partial charge in [0.25, 0.3) is 5.56 Å². The first-order valence-electron chi connectivity index (χ1n) is 16.5. The minimum atomic E-state index is -4.89. The number of aliphatic carboxylic acids is 1. The van der Waals surface area contributed by atoms with Crippen LogP contribution >= 0.6 is 0 Å². The summed E-state index contributed by atoms with van der Waals surface area (Å²) in [6, 6.07) is 14.7. The van der Waals surface area contributed by atoms with E-state index in [-0.39, 0.29) is 43.8 Å². The maximum Gasteiger partial charge on any atom is 0.416 e. The second-order valence-corrected chi connectivity index (χ2v) is 12.9. The third-order valence-corrected chi connectivity index (χ3v) is 9.58. The van der Waals surface area contributed by atoms with Crippen molar-refractivity contribution in [2.45, 2.75) is 76.7 Å². The van der Waals surface area contributed by atoms with E-state index in [1.165, 1.54) is 0 Å². The van der Waals surface area contributed by atoms with Crippen LogP contribution in [0.3, 0.4) is 0 Å². The number of halogens is 4. The summed E-state index contributed by atoms with van der Waals surface area (Å²) in [5.74, 6) is -0.525. The van der Waals surface area contributed by atoms with Crippen molar-refractivity contribution in [2.75, 3.05) is 19.6 Å². The van der Waals surface area contributed by atoms with Gasteiger partial charge in [0.05, 0.1) is 49.1 Å². The number of alkyl halides is 3. The highest BCUT2D eigenvalue weighted by Crippen LogP contribution is 2.43. The number of furan rings is 1. The molecule has 2 aliphatic rings. The number of nitrogens with zero attached hydrogens (tertiary/aromatic N) is 3. The molecule has 6 rings (SSSR count). The van der Waals surface area contributed by atoms with Crippen LogP contribution < -0.4 is 16.6 Å². The highest BCUT2D eigenvalue weighted by molar-refractivity contribution is 5.66. The van der Waals surface area contributed by atoms with Crippen LogP contribution in [-0.2, 0) is 47.5 Å². The molecule has 1 fully saturated rings. The molecule has 2 aliphatic heterocycles. The van der Waals surface area contributed by atoms with Gasteiger partial charge < -0.3 is 19.6 Å². The fraction of sp³-hybridized carbons (Fsp3) is 0.417. The Morgan fingerprint density at radius 3 is 2.40 bits per heavy atom. The van der Waals surface area contributed by atoms with E-state index in [4.69, 9.17) is 14.3 Å². The van der Waals surface area contributed by atoms with Gasteiger partial charge in [-0.3, -0.25) is 23.6 Å². The number of fused-ring (bicyclic) bond motifs is 2. The second-order valence-electron chi connectivity index (χ2n) is 12.9. The Hall–Kier alpha value is -4.53. The van der Waals surface area contributed by atoms with E-state index in [1.807, 2.05) is 19.1 Å². The molecule has 266 valence electrons. The van der Waals surface area contributed by atoms with Crippen LogP contribution in [0, 0.1) is 12.7 Å². The van der Waals surface area contributed by atoms with Crippen LogP contribution in [0.2, 0.25) is 0 Å². The largest absolute Gasteiger partial charge is 0.481 e. The molecule has 0 radical (unpaired) electrons. The predicted molar refractivity (Wildman–Crippen MR) is 174 cm³/mol. The van der Waals surface area contributed by atoms with Crippen molar-refractivity contribution in [1.29, 1.82) is 0 Å². The number of rotatable bonds is 12. The van der Waals surface area contributed by atoms with Gasteiger partial charge >= 0.3 is 17.8 Å². The van der Waals surface area contributed by atoms with Gasteiger partial charge in [0.15, 0.2) is 0 Å². The van der Waals surface area contributed by atoms with E-state index in [1.54, 1.807) is 30.3 Å². The molecule has 0 saturated carbocycles. The summed E-state index contributed by atoms with van der Waals surface area (Å²) >= 11 is 0. The number of benzene rings is 2. The van der Waals surface area contributed by atoms with Gasteiger partial charge in [-0.05, 0) is 62.6 Å². The van der Waals surface area contributed by atoms with E-state index < -0.39 is 58.5 Å². The molecule has 0 aliphatic carbocycles. The molecular formula is C36H38F4N4O6. The highest BCUT2D eigenvalue weighted by atomic mass is 19.4. The van der Waals surface area contributed by atoms with Gasteiger partial charge in [0, 0.05) is 25.1 Å². The number of aryl methyl sites for hydroxylation is 1. The number of nitrogens with one attached hydrogen (secondary N) is 1. The van der Waals surface area contributed by atoms with E-state index in [9.17, 15) is 27.6 Å². The Balaban J connectivity index is 1.42. The maximum absolute atomic E-state index is 15.2. The molecule has 2 aromatic heterocycles. The Bertz CT molecular complexity index is 1960. The summed E-state index contributed by atoms with van der Waals surface area (Å²) in [7, 11) is 0. The fourth-order valence-corrected chi connectivity index (χ4v) is 7.02. The SMILES string of the molecule is Cc1ccc(CN2CCC3(CC2)OCc2c3c(=O)n(C[C@H](NCCCC(=O)O)c3ccccc3)c(=O)n2Cc2c(F)cccc2C(F)(F)F)o1. The molecule has 1 atom stereocenters. The number of piperidine rings is 1. The summed E-state index contributed by atoms with van der Waals surface area (Å²) in [4.78, 5) is 42.1. The predicted octanol–water partition coefficient (Wildman–Crippen LogP) is 5.33. The number of aromatic nitrogens is 2. The molecule has 2 aromatic carbocycles. The highest BCUT2D eigenvalue weighted by Gasteiger charge is 2.47. The fourth-order valence-electron chi connectivity index (χ4n) is 7.02. The van der Waals surface area contributed by atoms with Gasteiger partial charge in [0.2, 0.25) is 0 Å². The lowest BCUT2D eigenvalue weighted by Gasteiger charge is -2.38. The van der Waals surface area contributed by atoms with E-state index >= 15 is 4.39 Å². The summed E-state index contributed by atoms with van der Waals surface area (Å²) in [5, 5.41) is 12.4. The number of hydrogen-bond donors (Lipinski definition) is 2. The van der Waals surface area contributed by atoms with Crippen LogP contribution in [0.1, 0.15) is 71.2 Å². The number of hydrogen-bond acceptors (Lipinski definition) is 7. The number of ether oxygens (including phenoxy) is 1. The molecule has 10 nitrogen and oxygen atoms in total. The summed E-state index contributed by atoms with van der Waals surface area (Å²) in [5.41, 5.74) is -3.53. The van der Waals surface area contributed by atoms with Gasteiger partial charge in [-0.25, -0.2) is 9.18 Å². The Labute approximate surface area is 284 Å². The molecule has 2 N–H and O–H groups in total. The number of carbonyl (C=O) groups is 1.